The van der Waals surface area contributed by atoms with E-state index >= 15 is 0 Å². The zero-order valence-corrected chi connectivity index (χ0v) is 39.4. The highest BCUT2D eigenvalue weighted by Crippen LogP contribution is 2.42. The van der Waals surface area contributed by atoms with Gasteiger partial charge in [-0.3, -0.25) is 37.6 Å². The van der Waals surface area contributed by atoms with E-state index < -0.39 is 80.5 Å². The van der Waals surface area contributed by atoms with Gasteiger partial charge in [-0.05, 0) is 36.8 Å². The molecule has 0 atom stereocenters. The first kappa shape index (κ1) is 54.9. The lowest BCUT2D eigenvalue weighted by Crippen LogP contribution is -2.26. The van der Waals surface area contributed by atoms with E-state index in [0.717, 1.165) is 9.80 Å². The predicted octanol–water partition coefficient (Wildman–Crippen LogP) is 0.643. The van der Waals surface area contributed by atoms with Crippen LogP contribution in [0, 0.1) is 11.8 Å². The van der Waals surface area contributed by atoms with Crippen LogP contribution < -0.4 is 14.8 Å². The third kappa shape index (κ3) is 20.2. The van der Waals surface area contributed by atoms with Gasteiger partial charge in [0.05, 0.1) is 35.7 Å². The predicted molar refractivity (Wildman–Crippen MR) is 234 cm³/mol. The van der Waals surface area contributed by atoms with Crippen LogP contribution in [-0.4, -0.2) is 163 Å². The maximum absolute atomic E-state index is 13.4. The first-order valence-electron chi connectivity index (χ1n) is 19.5. The molecule has 3 heterocycles. The van der Waals surface area contributed by atoms with Gasteiger partial charge >= 0.3 is 36.4 Å². The number of aromatic nitrogens is 5. The second-order valence-electron chi connectivity index (χ2n) is 14.5. The highest BCUT2D eigenvalue weighted by atomic mass is 31.2. The maximum atomic E-state index is 13.4. The molecule has 0 aliphatic rings. The number of hydrogen-bond acceptors (Lipinski definition) is 15. The van der Waals surface area contributed by atoms with E-state index in [1.54, 1.807) is 0 Å². The molecule has 0 aliphatic carbocycles. The second-order valence-corrected chi connectivity index (χ2v) is 20.9. The number of ether oxygens (including phenoxy) is 4. The second kappa shape index (κ2) is 24.6. The molecule has 1 amide bonds. The van der Waals surface area contributed by atoms with Gasteiger partial charge in [0.15, 0.2) is 11.6 Å². The minimum Gasteiger partial charge on any atom is -0.490 e. The standard InChI is InChI=1S/C36H50N8O19P4/c1-60-12-14-62-31-19-30(36(47)37-9-3-4-35(45)46)32(63-15-13-61-2)18-27(31)6-5-26-16-33(43-10-7-28(39-43)20-41(22-64(48,49)50)23-65(51,52)53)38-34(17-26)44-11-8-29(40-44)21-42(24-66(54,55)56)25-67(57,58)59/h7-8,10-11,16-19H,3-4,9,12-15,20-25H2,1-2H3,(H,37,47)(H,45,46)(H2,48,49,50)(H2,51,52,53)(H2,54,55,56)(H2,57,58,59). The van der Waals surface area contributed by atoms with Crippen molar-refractivity contribution in [2.24, 2.45) is 0 Å². The summed E-state index contributed by atoms with van der Waals surface area (Å²) >= 11 is 0. The molecule has 0 spiro atoms. The Morgan fingerprint density at radius 3 is 1.57 bits per heavy atom. The zero-order chi connectivity index (χ0) is 49.6. The first-order valence-corrected chi connectivity index (χ1v) is 26.7. The summed E-state index contributed by atoms with van der Waals surface area (Å²) in [6, 6.07) is 8.63. The highest BCUT2D eigenvalue weighted by Gasteiger charge is 2.28. The molecule has 0 fully saturated rings. The van der Waals surface area contributed by atoms with Gasteiger partial charge in [0.25, 0.3) is 5.91 Å². The lowest BCUT2D eigenvalue weighted by molar-refractivity contribution is -0.137. The van der Waals surface area contributed by atoms with Crippen molar-refractivity contribution < 1.29 is 91.1 Å². The van der Waals surface area contributed by atoms with Crippen LogP contribution in [-0.2, 0) is 45.6 Å². The summed E-state index contributed by atoms with van der Waals surface area (Å²) in [5, 5.41) is 20.5. The van der Waals surface area contributed by atoms with Crippen LogP contribution >= 0.6 is 30.4 Å². The van der Waals surface area contributed by atoms with Crippen molar-refractivity contribution in [2.75, 3.05) is 72.3 Å². The summed E-state index contributed by atoms with van der Waals surface area (Å²) in [5.74, 6) is 4.72. The van der Waals surface area contributed by atoms with Gasteiger partial charge < -0.3 is 68.5 Å². The molecule has 31 heteroatoms. The number of nitrogens with one attached hydrogen (secondary N) is 1. The molecule has 1 aromatic carbocycles. The minimum absolute atomic E-state index is 0.0219. The monoisotopic (exact) mass is 1020 g/mol. The Hall–Kier alpha value is -4.67. The van der Waals surface area contributed by atoms with Crippen molar-refractivity contribution >= 4 is 42.3 Å². The topological polar surface area (TPSA) is 388 Å². The Bertz CT molecular complexity index is 2430. The Labute approximate surface area is 382 Å². The molecule has 4 rings (SSSR count). The molecule has 368 valence electrons. The van der Waals surface area contributed by atoms with E-state index in [9.17, 15) is 67.0 Å². The largest absolute Gasteiger partial charge is 0.490 e. The van der Waals surface area contributed by atoms with Gasteiger partial charge in [-0.25, -0.2) is 14.3 Å². The fourth-order valence-corrected chi connectivity index (χ4v) is 9.17. The molecule has 4 aromatic rings. The number of rotatable bonds is 27. The number of carboxylic acids is 1. The Kier molecular flexibility index (Phi) is 20.1. The summed E-state index contributed by atoms with van der Waals surface area (Å²) < 4.78 is 71.7. The Morgan fingerprint density at radius 1 is 0.672 bits per heavy atom. The van der Waals surface area contributed by atoms with E-state index in [1.165, 1.54) is 72.4 Å². The van der Waals surface area contributed by atoms with Gasteiger partial charge in [0.2, 0.25) is 0 Å². The number of methoxy groups -OCH3 is 2. The average Bonchev–Trinajstić information content (AvgIpc) is 3.86. The van der Waals surface area contributed by atoms with E-state index in [2.05, 4.69) is 32.3 Å². The van der Waals surface area contributed by atoms with Crippen molar-refractivity contribution in [3.63, 3.8) is 0 Å². The quantitative estimate of drug-likeness (QED) is 0.0223. The third-order valence-electron chi connectivity index (χ3n) is 8.48. The van der Waals surface area contributed by atoms with Crippen LogP contribution in [0.25, 0.3) is 11.6 Å². The van der Waals surface area contributed by atoms with E-state index in [-0.39, 0.29) is 97.0 Å². The lowest BCUT2D eigenvalue weighted by atomic mass is 10.1. The molecule has 0 radical (unpaired) electrons. The first-order chi connectivity index (χ1) is 31.3. The van der Waals surface area contributed by atoms with Gasteiger partial charge in [0.1, 0.15) is 49.9 Å². The molecule has 0 aliphatic heterocycles. The molecule has 67 heavy (non-hydrogen) atoms. The zero-order valence-electron chi connectivity index (χ0n) is 35.8. The van der Waals surface area contributed by atoms with Crippen molar-refractivity contribution in [3.05, 3.63) is 76.9 Å². The number of hydrogen-bond donors (Lipinski definition) is 10. The molecule has 27 nitrogen and oxygen atoms in total. The number of aliphatic carboxylic acids is 1. The molecular formula is C36H50N8O19P4. The fraction of sp³-hybridized carbons (Fsp3) is 0.417. The molecular weight excluding hydrogens is 972 g/mol. The number of carbonyl (C=O) groups is 2. The molecule has 0 saturated carbocycles. The maximum Gasteiger partial charge on any atom is 0.339 e. The van der Waals surface area contributed by atoms with Crippen molar-refractivity contribution in [1.82, 2.24) is 39.7 Å². The highest BCUT2D eigenvalue weighted by molar-refractivity contribution is 7.53. The van der Waals surface area contributed by atoms with Crippen molar-refractivity contribution in [3.8, 4) is 35.0 Å². The number of pyridine rings is 1. The SMILES string of the molecule is COCCOc1cc(C(=O)NCCCC(=O)O)c(OCCOC)cc1C#Cc1cc(-n2ccc(CN(CP(=O)(O)O)CP(=O)(O)O)n2)nc(-n2ccc(CN(CP(=O)(O)O)CP(=O)(O)O)n2)c1. The van der Waals surface area contributed by atoms with E-state index in [0.29, 0.717) is 0 Å². The molecule has 3 aromatic heterocycles. The number of nitrogens with zero attached hydrogens (tertiary/aromatic N) is 7. The van der Waals surface area contributed by atoms with Crippen LogP contribution in [0.3, 0.4) is 0 Å². The smallest absolute Gasteiger partial charge is 0.339 e. The van der Waals surface area contributed by atoms with Crippen LogP contribution in [0.2, 0.25) is 0 Å². The summed E-state index contributed by atoms with van der Waals surface area (Å²) in [5.41, 5.74) is 0.723. The van der Waals surface area contributed by atoms with Crippen molar-refractivity contribution in [2.45, 2.75) is 25.9 Å². The van der Waals surface area contributed by atoms with E-state index in [4.69, 9.17) is 24.1 Å². The van der Waals surface area contributed by atoms with Crippen LogP contribution in [0.15, 0.2) is 48.8 Å². The van der Waals surface area contributed by atoms with Crippen molar-refractivity contribution in [1.29, 1.82) is 0 Å². The Morgan fingerprint density at radius 2 is 1.13 bits per heavy atom. The van der Waals surface area contributed by atoms with Crippen LogP contribution in [0.1, 0.15) is 45.7 Å². The average molecular weight is 1020 g/mol. The number of amides is 1. The summed E-state index contributed by atoms with van der Waals surface area (Å²) in [6.07, 6.45) is -1.17. The molecule has 0 unspecified atom stereocenters. The Balaban J connectivity index is 1.85. The third-order valence-corrected chi connectivity index (χ3v) is 11.5. The van der Waals surface area contributed by atoms with Gasteiger partial charge in [-0.15, -0.1) is 0 Å². The summed E-state index contributed by atoms with van der Waals surface area (Å²) in [6.45, 7) is -0.420. The van der Waals surface area contributed by atoms with Gasteiger partial charge in [-0.2, -0.15) is 10.2 Å². The lowest BCUT2D eigenvalue weighted by Gasteiger charge is -2.21. The fourth-order valence-electron chi connectivity index (χ4n) is 5.97. The van der Waals surface area contributed by atoms with E-state index in [1.807, 2.05) is 0 Å². The summed E-state index contributed by atoms with van der Waals surface area (Å²) in [4.78, 5) is 107. The molecule has 0 bridgehead atoms. The number of carbonyl (C=O) groups excluding carboxylic acids is 1. The molecule has 0 saturated heterocycles. The number of benzene rings is 1. The van der Waals surface area contributed by atoms with Crippen LogP contribution in [0.4, 0.5) is 0 Å². The molecule has 10 N–H and O–H groups in total. The number of carboxylic acid groups (broad SMARTS) is 1. The summed E-state index contributed by atoms with van der Waals surface area (Å²) in [7, 11) is -16.2. The van der Waals surface area contributed by atoms with Gasteiger partial charge in [0, 0.05) is 64.3 Å². The van der Waals surface area contributed by atoms with Crippen LogP contribution in [0.5, 0.6) is 11.5 Å². The normalized spacial score (nSPS) is 12.3. The van der Waals surface area contributed by atoms with Gasteiger partial charge in [-0.1, -0.05) is 11.8 Å². The minimum atomic E-state index is -4.78.